The first-order valence-electron chi connectivity index (χ1n) is 10.3. The number of carbonyl (C=O) groups excluding carboxylic acids is 2. The highest BCUT2D eigenvalue weighted by Crippen LogP contribution is 2.41. The Bertz CT molecular complexity index is 1470. The molecule has 0 saturated heterocycles. The molecule has 2 N–H and O–H groups in total. The summed E-state index contributed by atoms with van der Waals surface area (Å²) in [5.74, 6) is -2.60. The number of benzene rings is 3. The Balaban J connectivity index is 1.60. The number of furan rings is 1. The molecule has 0 radical (unpaired) electrons. The number of amides is 1. The quantitative estimate of drug-likeness (QED) is 0.323. The molecule has 1 aliphatic heterocycles. The maximum Gasteiger partial charge on any atom is 0.290 e. The smallest absolute Gasteiger partial charge is 0.290 e. The van der Waals surface area contributed by atoms with Gasteiger partial charge in [0.05, 0.1) is 11.6 Å². The van der Waals surface area contributed by atoms with Crippen LogP contribution in [-0.4, -0.2) is 26.8 Å². The lowest BCUT2D eigenvalue weighted by Crippen LogP contribution is -2.30. The van der Waals surface area contributed by atoms with E-state index in [1.165, 1.54) is 41.3 Å². The molecular formula is C26H17BrFNO5. The fourth-order valence-electron chi connectivity index (χ4n) is 4.14. The highest BCUT2D eigenvalue weighted by molar-refractivity contribution is 9.10. The number of ketones is 1. The number of aliphatic hydroxyl groups is 1. The summed E-state index contributed by atoms with van der Waals surface area (Å²) >= 11 is 3.38. The molecule has 8 heteroatoms. The first kappa shape index (κ1) is 21.9. The van der Waals surface area contributed by atoms with Crippen molar-refractivity contribution >= 4 is 38.6 Å². The molecule has 0 bridgehead atoms. The van der Waals surface area contributed by atoms with Crippen molar-refractivity contribution in [2.24, 2.45) is 0 Å². The van der Waals surface area contributed by atoms with E-state index < -0.39 is 29.3 Å². The summed E-state index contributed by atoms with van der Waals surface area (Å²) in [6.07, 6.45) is 0. The third kappa shape index (κ3) is 3.86. The molecule has 0 aliphatic carbocycles. The molecule has 4 aromatic rings. The largest absolute Gasteiger partial charge is 0.508 e. The molecule has 0 fully saturated rings. The number of fused-ring (bicyclic) bond motifs is 1. The predicted molar refractivity (Wildman–Crippen MR) is 126 cm³/mol. The van der Waals surface area contributed by atoms with Crippen LogP contribution < -0.4 is 0 Å². The Morgan fingerprint density at radius 2 is 1.79 bits per heavy atom. The third-order valence-electron chi connectivity index (χ3n) is 5.70. The van der Waals surface area contributed by atoms with E-state index in [1.54, 1.807) is 36.4 Å². The summed E-state index contributed by atoms with van der Waals surface area (Å²) in [4.78, 5) is 28.0. The highest BCUT2D eigenvalue weighted by atomic mass is 79.9. The molecule has 1 unspecified atom stereocenters. The lowest BCUT2D eigenvalue weighted by Gasteiger charge is -2.27. The van der Waals surface area contributed by atoms with Crippen molar-refractivity contribution in [1.29, 1.82) is 0 Å². The minimum absolute atomic E-state index is 0.00729. The van der Waals surface area contributed by atoms with E-state index in [0.717, 1.165) is 4.47 Å². The summed E-state index contributed by atoms with van der Waals surface area (Å²) in [7, 11) is 0. The van der Waals surface area contributed by atoms with Crippen molar-refractivity contribution in [3.8, 4) is 5.75 Å². The minimum atomic E-state index is -0.989. The first-order chi connectivity index (χ1) is 16.3. The van der Waals surface area contributed by atoms with Gasteiger partial charge in [-0.2, -0.15) is 0 Å². The van der Waals surface area contributed by atoms with Crippen LogP contribution in [0.4, 0.5) is 4.39 Å². The average molecular weight is 522 g/mol. The Kier molecular flexibility index (Phi) is 5.45. The summed E-state index contributed by atoms with van der Waals surface area (Å²) in [6.45, 7) is 0.00729. The number of aromatic hydroxyl groups is 1. The van der Waals surface area contributed by atoms with Crippen LogP contribution in [0.25, 0.3) is 11.0 Å². The number of hydrogen-bond donors (Lipinski definition) is 2. The number of halogens is 2. The van der Waals surface area contributed by atoms with Gasteiger partial charge in [0, 0.05) is 16.4 Å². The van der Waals surface area contributed by atoms with E-state index in [9.17, 15) is 24.2 Å². The number of rotatable bonds is 5. The van der Waals surface area contributed by atoms with Crippen LogP contribution in [-0.2, 0) is 11.3 Å². The lowest BCUT2D eigenvalue weighted by atomic mass is 9.94. The van der Waals surface area contributed by atoms with Gasteiger partial charge in [-0.05, 0) is 59.7 Å². The van der Waals surface area contributed by atoms with Crippen molar-refractivity contribution in [3.63, 3.8) is 0 Å². The number of Topliss-reactive ketones (excluding diaryl/α,β-unsaturated/α-hetero) is 1. The van der Waals surface area contributed by atoms with E-state index in [2.05, 4.69) is 15.9 Å². The van der Waals surface area contributed by atoms with Crippen LogP contribution in [0, 0.1) is 5.82 Å². The van der Waals surface area contributed by atoms with E-state index >= 15 is 0 Å². The van der Waals surface area contributed by atoms with Crippen molar-refractivity contribution in [2.75, 3.05) is 0 Å². The van der Waals surface area contributed by atoms with Crippen LogP contribution in [0.1, 0.15) is 27.7 Å². The maximum absolute atomic E-state index is 13.6. The van der Waals surface area contributed by atoms with Gasteiger partial charge in [-0.3, -0.25) is 9.59 Å². The molecule has 170 valence electrons. The van der Waals surface area contributed by atoms with Crippen molar-refractivity contribution < 1.29 is 28.6 Å². The summed E-state index contributed by atoms with van der Waals surface area (Å²) in [6, 6.07) is 17.5. The topological polar surface area (TPSA) is 91.0 Å². The zero-order chi connectivity index (χ0) is 24.0. The van der Waals surface area contributed by atoms with E-state index in [4.69, 9.17) is 4.42 Å². The number of nitrogens with zero attached hydrogens (tertiary/aromatic N) is 1. The molecule has 5 rings (SSSR count). The lowest BCUT2D eigenvalue weighted by molar-refractivity contribution is -0.130. The Labute approximate surface area is 201 Å². The van der Waals surface area contributed by atoms with Gasteiger partial charge in [-0.1, -0.05) is 40.2 Å². The van der Waals surface area contributed by atoms with Gasteiger partial charge in [-0.15, -0.1) is 0 Å². The number of phenols is 1. The number of phenolic OH excluding ortho intramolecular Hbond substituents is 1. The predicted octanol–water partition coefficient (Wildman–Crippen LogP) is 5.82. The van der Waals surface area contributed by atoms with E-state index in [-0.39, 0.29) is 23.6 Å². The molecule has 2 heterocycles. The molecule has 1 aliphatic rings. The Hall–Kier alpha value is -3.91. The molecule has 34 heavy (non-hydrogen) atoms. The Morgan fingerprint density at radius 1 is 1.03 bits per heavy atom. The van der Waals surface area contributed by atoms with E-state index in [0.29, 0.717) is 22.1 Å². The standard InChI is InChI=1S/C26H17BrFNO5/c27-17-6-9-20-16(10-17)12-21(34-20)24(31)22-23(15-2-1-3-19(30)11-15)29(26(33)25(22)32)13-14-4-7-18(28)8-5-14/h1-12,23,30,32H,13H2. The number of aliphatic hydroxyl groups excluding tert-OH is 1. The van der Waals surface area contributed by atoms with Gasteiger partial charge in [0.1, 0.15) is 17.1 Å². The van der Waals surface area contributed by atoms with Crippen molar-refractivity contribution in [1.82, 2.24) is 4.90 Å². The average Bonchev–Trinajstić information content (AvgIpc) is 3.34. The number of carbonyl (C=O) groups is 2. The van der Waals surface area contributed by atoms with Gasteiger partial charge in [0.25, 0.3) is 5.91 Å². The second-order valence-electron chi connectivity index (χ2n) is 7.94. The molecule has 1 aromatic heterocycles. The van der Waals surface area contributed by atoms with Gasteiger partial charge in [-0.25, -0.2) is 4.39 Å². The normalized spacial score (nSPS) is 16.0. The molecule has 1 amide bonds. The van der Waals surface area contributed by atoms with Gasteiger partial charge in [0.15, 0.2) is 11.5 Å². The van der Waals surface area contributed by atoms with Crippen LogP contribution in [0.15, 0.2) is 93.0 Å². The van der Waals surface area contributed by atoms with Gasteiger partial charge >= 0.3 is 0 Å². The summed E-state index contributed by atoms with van der Waals surface area (Å²) in [5.41, 5.74) is 1.36. The second kappa shape index (κ2) is 8.46. The van der Waals surface area contributed by atoms with Crippen LogP contribution in [0.2, 0.25) is 0 Å². The molecule has 1 atom stereocenters. The van der Waals surface area contributed by atoms with Crippen LogP contribution in [0.5, 0.6) is 5.75 Å². The van der Waals surface area contributed by atoms with Crippen LogP contribution in [0.3, 0.4) is 0 Å². The SMILES string of the molecule is O=C(C1=C(O)C(=O)N(Cc2ccc(F)cc2)C1c1cccc(O)c1)c1cc2cc(Br)ccc2o1. The monoisotopic (exact) mass is 521 g/mol. The molecule has 3 aromatic carbocycles. The molecular weight excluding hydrogens is 505 g/mol. The summed E-state index contributed by atoms with van der Waals surface area (Å²) in [5, 5.41) is 21.5. The summed E-state index contributed by atoms with van der Waals surface area (Å²) < 4.78 is 19.9. The van der Waals surface area contributed by atoms with Gasteiger partial charge < -0.3 is 19.5 Å². The first-order valence-corrected chi connectivity index (χ1v) is 11.1. The zero-order valence-electron chi connectivity index (χ0n) is 17.5. The molecule has 6 nitrogen and oxygen atoms in total. The van der Waals surface area contributed by atoms with Crippen molar-refractivity contribution in [2.45, 2.75) is 12.6 Å². The Morgan fingerprint density at radius 3 is 2.53 bits per heavy atom. The minimum Gasteiger partial charge on any atom is -0.508 e. The third-order valence-corrected chi connectivity index (χ3v) is 6.20. The van der Waals surface area contributed by atoms with E-state index in [1.807, 2.05) is 0 Å². The van der Waals surface area contributed by atoms with Crippen LogP contribution >= 0.6 is 15.9 Å². The number of hydrogen-bond acceptors (Lipinski definition) is 5. The fraction of sp³-hybridized carbons (Fsp3) is 0.0769. The zero-order valence-corrected chi connectivity index (χ0v) is 19.1. The highest BCUT2D eigenvalue weighted by Gasteiger charge is 2.44. The molecule has 0 saturated carbocycles. The van der Waals surface area contributed by atoms with Crippen molar-refractivity contribution in [3.05, 3.63) is 111 Å². The maximum atomic E-state index is 13.6. The fourth-order valence-corrected chi connectivity index (χ4v) is 4.51. The van der Waals surface area contributed by atoms with Gasteiger partial charge in [0.2, 0.25) is 5.78 Å². The molecule has 0 spiro atoms. The second-order valence-corrected chi connectivity index (χ2v) is 8.86.